The molecule has 2 atom stereocenters. The van der Waals surface area contributed by atoms with Crippen LogP contribution in [0.4, 0.5) is 4.39 Å². The molecule has 0 aromatic heterocycles. The first-order chi connectivity index (χ1) is 9.01. The molecule has 0 bridgehead atoms. The summed E-state index contributed by atoms with van der Waals surface area (Å²) in [4.78, 5) is 0. The lowest BCUT2D eigenvalue weighted by molar-refractivity contribution is -0.133. The molecular weight excluding hydrogens is 245 g/mol. The van der Waals surface area contributed by atoms with Gasteiger partial charge in [0.25, 0.3) is 0 Å². The van der Waals surface area contributed by atoms with E-state index in [9.17, 15) is 9.50 Å². The minimum Gasteiger partial charge on any atom is -0.389 e. The molecule has 1 aliphatic rings. The Hall–Kier alpha value is -0.970. The third kappa shape index (κ3) is 2.81. The first-order valence-electron chi connectivity index (χ1n) is 6.74. The molecule has 2 rings (SSSR count). The normalized spacial score (nSPS) is 26.9. The van der Waals surface area contributed by atoms with Gasteiger partial charge < -0.3 is 15.6 Å². The van der Waals surface area contributed by atoms with Gasteiger partial charge in [-0.05, 0) is 31.4 Å². The third-order valence-corrected chi connectivity index (χ3v) is 4.35. The van der Waals surface area contributed by atoms with Gasteiger partial charge in [0.05, 0.1) is 12.2 Å². The second-order valence-electron chi connectivity index (χ2n) is 5.68. The van der Waals surface area contributed by atoms with Gasteiger partial charge in [-0.25, -0.2) is 4.39 Å². The largest absolute Gasteiger partial charge is 0.389 e. The maximum atomic E-state index is 13.7. The van der Waals surface area contributed by atoms with Gasteiger partial charge >= 0.3 is 0 Å². The fourth-order valence-corrected chi connectivity index (χ4v) is 2.86. The zero-order valence-corrected chi connectivity index (χ0v) is 11.4. The highest BCUT2D eigenvalue weighted by molar-refractivity contribution is 5.20. The van der Waals surface area contributed by atoms with E-state index < -0.39 is 11.0 Å². The van der Waals surface area contributed by atoms with Gasteiger partial charge in [0.1, 0.15) is 5.82 Å². The number of ether oxygens (including phenoxy) is 1. The number of aliphatic hydroxyl groups is 1. The highest BCUT2D eigenvalue weighted by Gasteiger charge is 2.47. The number of halogens is 1. The minimum atomic E-state index is -1.08. The predicted molar refractivity (Wildman–Crippen MR) is 72.3 cm³/mol. The van der Waals surface area contributed by atoms with Crippen molar-refractivity contribution < 1.29 is 14.2 Å². The Morgan fingerprint density at radius 1 is 1.47 bits per heavy atom. The van der Waals surface area contributed by atoms with Crippen molar-refractivity contribution in [3.05, 3.63) is 35.6 Å². The maximum Gasteiger partial charge on any atom is 0.126 e. The summed E-state index contributed by atoms with van der Waals surface area (Å²) in [6.07, 6.45) is 1.94. The van der Waals surface area contributed by atoms with Crippen LogP contribution in [0.2, 0.25) is 0 Å². The summed E-state index contributed by atoms with van der Waals surface area (Å²) in [5.74, 6) is -0.285. The summed E-state index contributed by atoms with van der Waals surface area (Å²) in [7, 11) is 0. The lowest BCUT2D eigenvalue weighted by atomic mass is 9.67. The molecule has 0 amide bonds. The molecule has 19 heavy (non-hydrogen) atoms. The summed E-state index contributed by atoms with van der Waals surface area (Å²) in [5, 5.41) is 10.8. The summed E-state index contributed by atoms with van der Waals surface area (Å²) in [5.41, 5.74) is 4.83. The van der Waals surface area contributed by atoms with E-state index in [1.54, 1.807) is 25.1 Å². The molecule has 2 unspecified atom stereocenters. The average Bonchev–Trinajstić information content (AvgIpc) is 2.42. The second kappa shape index (κ2) is 5.57. The van der Waals surface area contributed by atoms with Crippen molar-refractivity contribution >= 4 is 0 Å². The maximum absolute atomic E-state index is 13.7. The smallest absolute Gasteiger partial charge is 0.126 e. The molecule has 1 aliphatic heterocycles. The average molecular weight is 267 g/mol. The first-order valence-corrected chi connectivity index (χ1v) is 6.74. The van der Waals surface area contributed by atoms with Gasteiger partial charge in [-0.15, -0.1) is 0 Å². The van der Waals surface area contributed by atoms with Gasteiger partial charge in [0, 0.05) is 25.0 Å². The molecule has 1 fully saturated rings. The SMILES string of the molecule is CC(O)(Cc1ccccc1F)C1(CN)CCCOC1. The molecule has 0 spiro atoms. The highest BCUT2D eigenvalue weighted by Crippen LogP contribution is 2.40. The fourth-order valence-electron chi connectivity index (χ4n) is 2.86. The Kier molecular flexibility index (Phi) is 4.23. The van der Waals surface area contributed by atoms with Crippen LogP contribution in [0.3, 0.4) is 0 Å². The number of hydrogen-bond donors (Lipinski definition) is 2. The monoisotopic (exact) mass is 267 g/mol. The number of hydrogen-bond acceptors (Lipinski definition) is 3. The Labute approximate surface area is 113 Å². The van der Waals surface area contributed by atoms with Crippen LogP contribution in [0.15, 0.2) is 24.3 Å². The molecule has 0 saturated carbocycles. The van der Waals surface area contributed by atoms with E-state index in [4.69, 9.17) is 10.5 Å². The van der Waals surface area contributed by atoms with Gasteiger partial charge in [0.2, 0.25) is 0 Å². The van der Waals surface area contributed by atoms with Crippen LogP contribution in [0, 0.1) is 11.2 Å². The Morgan fingerprint density at radius 3 is 2.79 bits per heavy atom. The molecule has 3 N–H and O–H groups in total. The summed E-state index contributed by atoms with van der Waals surface area (Å²) in [6, 6.07) is 6.55. The molecule has 1 saturated heterocycles. The molecule has 0 aliphatic carbocycles. The molecule has 1 heterocycles. The third-order valence-electron chi connectivity index (χ3n) is 4.35. The van der Waals surface area contributed by atoms with Crippen LogP contribution in [0.25, 0.3) is 0 Å². The molecule has 3 nitrogen and oxygen atoms in total. The van der Waals surface area contributed by atoms with Gasteiger partial charge in [0.15, 0.2) is 0 Å². The highest BCUT2D eigenvalue weighted by atomic mass is 19.1. The molecule has 0 radical (unpaired) electrons. The zero-order valence-electron chi connectivity index (χ0n) is 11.4. The van der Waals surface area contributed by atoms with E-state index in [-0.39, 0.29) is 12.2 Å². The minimum absolute atomic E-state index is 0.250. The zero-order chi connectivity index (χ0) is 13.9. The number of benzene rings is 1. The van der Waals surface area contributed by atoms with E-state index in [0.29, 0.717) is 25.3 Å². The van der Waals surface area contributed by atoms with E-state index in [1.165, 1.54) is 6.07 Å². The van der Waals surface area contributed by atoms with Gasteiger partial charge in [-0.3, -0.25) is 0 Å². The van der Waals surface area contributed by atoms with E-state index in [1.807, 2.05) is 0 Å². The van der Waals surface area contributed by atoms with Crippen molar-refractivity contribution in [1.29, 1.82) is 0 Å². The van der Waals surface area contributed by atoms with Crippen molar-refractivity contribution in [1.82, 2.24) is 0 Å². The van der Waals surface area contributed by atoms with Crippen LogP contribution in [-0.2, 0) is 11.2 Å². The molecule has 1 aromatic carbocycles. The molecule has 1 aromatic rings. The predicted octanol–water partition coefficient (Wildman–Crippen LogP) is 1.87. The first kappa shape index (κ1) is 14.4. The molecule has 106 valence electrons. The number of nitrogens with two attached hydrogens (primary N) is 1. The van der Waals surface area contributed by atoms with Crippen LogP contribution >= 0.6 is 0 Å². The van der Waals surface area contributed by atoms with Crippen molar-refractivity contribution in [2.24, 2.45) is 11.1 Å². The van der Waals surface area contributed by atoms with Crippen LogP contribution < -0.4 is 5.73 Å². The van der Waals surface area contributed by atoms with Gasteiger partial charge in [-0.2, -0.15) is 0 Å². The van der Waals surface area contributed by atoms with E-state index in [0.717, 1.165) is 12.8 Å². The number of rotatable bonds is 4. The standard InChI is InChI=1S/C15H22FNO2/c1-14(18,9-12-5-2-3-6-13(12)16)15(10-17)7-4-8-19-11-15/h2-3,5-6,18H,4,7-11,17H2,1H3. The topological polar surface area (TPSA) is 55.5 Å². The van der Waals surface area contributed by atoms with Crippen LogP contribution in [-0.4, -0.2) is 30.5 Å². The van der Waals surface area contributed by atoms with Crippen LogP contribution in [0.5, 0.6) is 0 Å². The van der Waals surface area contributed by atoms with Crippen molar-refractivity contribution in [3.63, 3.8) is 0 Å². The second-order valence-corrected chi connectivity index (χ2v) is 5.68. The molecule has 4 heteroatoms. The van der Waals surface area contributed by atoms with Gasteiger partial charge in [-0.1, -0.05) is 18.2 Å². The Morgan fingerprint density at radius 2 is 2.21 bits per heavy atom. The Bertz CT molecular complexity index is 428. The fraction of sp³-hybridized carbons (Fsp3) is 0.600. The van der Waals surface area contributed by atoms with Crippen molar-refractivity contribution in [2.45, 2.75) is 31.8 Å². The summed E-state index contributed by atoms with van der Waals surface area (Å²) >= 11 is 0. The quantitative estimate of drug-likeness (QED) is 0.875. The summed E-state index contributed by atoms with van der Waals surface area (Å²) in [6.45, 7) is 3.22. The van der Waals surface area contributed by atoms with E-state index >= 15 is 0 Å². The van der Waals surface area contributed by atoms with E-state index in [2.05, 4.69) is 0 Å². The molecular formula is C15H22FNO2. The lowest BCUT2D eigenvalue weighted by Gasteiger charge is -2.47. The van der Waals surface area contributed by atoms with Crippen molar-refractivity contribution in [2.75, 3.05) is 19.8 Å². The summed E-state index contributed by atoms with van der Waals surface area (Å²) < 4.78 is 19.2. The Balaban J connectivity index is 2.23. The van der Waals surface area contributed by atoms with Crippen molar-refractivity contribution in [3.8, 4) is 0 Å². The lowest BCUT2D eigenvalue weighted by Crippen LogP contribution is -2.56. The van der Waals surface area contributed by atoms with Crippen LogP contribution in [0.1, 0.15) is 25.3 Å².